The molecule has 0 aromatic rings. The van der Waals surface area contributed by atoms with E-state index < -0.39 is 0 Å². The fourth-order valence-electron chi connectivity index (χ4n) is 0.531. The second-order valence-electron chi connectivity index (χ2n) is 1.64. The van der Waals surface area contributed by atoms with Gasteiger partial charge in [0.15, 0.2) is 0 Å². The number of hydrogen-bond donors (Lipinski definition) is 1. The molecule has 1 N–H and O–H groups in total. The van der Waals surface area contributed by atoms with Gasteiger partial charge in [-0.05, 0) is 0 Å². The molecule has 3 heteroatoms. The van der Waals surface area contributed by atoms with Crippen LogP contribution in [0.25, 0.3) is 0 Å². The Morgan fingerprint density at radius 1 is 1.86 bits per heavy atom. The van der Waals surface area contributed by atoms with Crippen molar-refractivity contribution in [2.45, 2.75) is 12.5 Å². The van der Waals surface area contributed by atoms with E-state index in [0.29, 0.717) is 6.42 Å². The molecule has 0 saturated carbocycles. The Morgan fingerprint density at radius 3 is 2.57 bits per heavy atom. The van der Waals surface area contributed by atoms with E-state index in [-0.39, 0.29) is 18.6 Å². The van der Waals surface area contributed by atoms with Crippen molar-refractivity contribution in [1.29, 1.82) is 0 Å². The van der Waals surface area contributed by atoms with Gasteiger partial charge in [-0.3, -0.25) is 4.79 Å². The topological polar surface area (TPSA) is 49.0 Å². The molecule has 0 bridgehead atoms. The summed E-state index contributed by atoms with van der Waals surface area (Å²) in [5, 5.41) is 12.3. The van der Waals surface area contributed by atoms with Gasteiger partial charge in [0, 0.05) is 6.42 Å². The minimum Gasteiger partial charge on any atom is -0.350 e. The fourth-order valence-corrected chi connectivity index (χ4v) is 0.531. The molecule has 0 aliphatic carbocycles. The van der Waals surface area contributed by atoms with Crippen LogP contribution in [0.5, 0.6) is 0 Å². The van der Waals surface area contributed by atoms with Crippen molar-refractivity contribution in [3.8, 4) is 0 Å². The van der Waals surface area contributed by atoms with Crippen molar-refractivity contribution in [2.24, 2.45) is 0 Å². The van der Waals surface area contributed by atoms with Gasteiger partial charge in [-0.25, -0.2) is 5.11 Å². The first-order chi connectivity index (χ1) is 3.33. The lowest BCUT2D eigenvalue weighted by atomic mass is 10.1. The first kappa shape index (κ1) is 4.59. The van der Waals surface area contributed by atoms with E-state index in [4.69, 9.17) is 0 Å². The van der Waals surface area contributed by atoms with Crippen molar-refractivity contribution in [3.63, 3.8) is 0 Å². The molecule has 1 rings (SSSR count). The van der Waals surface area contributed by atoms with Crippen LogP contribution in [0, 0.1) is 0 Å². The maximum atomic E-state index is 10.0. The smallest absolute Gasteiger partial charge is 0.222 e. The molecule has 7 heavy (non-hydrogen) atoms. The highest BCUT2D eigenvalue weighted by Gasteiger charge is 2.23. The average Bonchev–Trinajstić information content (AvgIpc) is 1.58. The van der Waals surface area contributed by atoms with Crippen molar-refractivity contribution < 1.29 is 9.90 Å². The van der Waals surface area contributed by atoms with E-state index in [1.165, 1.54) is 0 Å². The zero-order valence-corrected chi connectivity index (χ0v) is 3.81. The summed E-state index contributed by atoms with van der Waals surface area (Å²) in [5.74, 6) is 0.000787. The van der Waals surface area contributed by atoms with E-state index in [1.54, 1.807) is 0 Å². The minimum absolute atomic E-state index is 0.000787. The molecule has 0 aromatic carbocycles. The third-order valence-corrected chi connectivity index (χ3v) is 0.998. The first-order valence-electron chi connectivity index (χ1n) is 2.20. The number of amides is 1. The Bertz CT molecular complexity index is 83.7. The van der Waals surface area contributed by atoms with Crippen LogP contribution in [-0.4, -0.2) is 18.6 Å². The molecular formula is C4H6NO2. The second kappa shape index (κ2) is 1.50. The number of β-lactam (4-membered cyclic amide) rings is 1. The fraction of sp³-hybridized carbons (Fsp3) is 0.750. The normalized spacial score (nSPS) is 28.7. The number of carbonyl (C=O) groups excluding carboxylic acids is 1. The van der Waals surface area contributed by atoms with E-state index in [9.17, 15) is 9.90 Å². The van der Waals surface area contributed by atoms with Crippen LogP contribution in [-0.2, 0) is 9.90 Å². The summed E-state index contributed by atoms with van der Waals surface area (Å²) in [7, 11) is 0. The number of nitrogens with one attached hydrogen (secondary N) is 1. The second-order valence-corrected chi connectivity index (χ2v) is 1.64. The summed E-state index contributed by atoms with van der Waals surface area (Å²) in [6, 6.07) is -0.0625. The van der Waals surface area contributed by atoms with Gasteiger partial charge in [-0.15, -0.1) is 0 Å². The van der Waals surface area contributed by atoms with Crippen LogP contribution in [0.2, 0.25) is 0 Å². The molecule has 1 unspecified atom stereocenters. The van der Waals surface area contributed by atoms with Gasteiger partial charge in [0.2, 0.25) is 5.91 Å². The number of hydrogen-bond acceptors (Lipinski definition) is 1. The molecule has 1 fully saturated rings. The molecule has 1 amide bonds. The number of rotatable bonds is 1. The average molecular weight is 100 g/mol. The van der Waals surface area contributed by atoms with Crippen LogP contribution < -0.4 is 5.32 Å². The van der Waals surface area contributed by atoms with Gasteiger partial charge in [0.05, 0.1) is 6.04 Å². The predicted molar refractivity (Wildman–Crippen MR) is 22.1 cm³/mol. The van der Waals surface area contributed by atoms with Crippen LogP contribution in [0.4, 0.5) is 0 Å². The first-order valence-corrected chi connectivity index (χ1v) is 2.20. The molecule has 1 saturated heterocycles. The lowest BCUT2D eigenvalue weighted by molar-refractivity contribution is -0.129. The molecule has 1 aliphatic rings. The van der Waals surface area contributed by atoms with E-state index >= 15 is 0 Å². The van der Waals surface area contributed by atoms with Crippen LogP contribution in [0.1, 0.15) is 6.42 Å². The van der Waals surface area contributed by atoms with Gasteiger partial charge >= 0.3 is 0 Å². The van der Waals surface area contributed by atoms with Crippen molar-refractivity contribution in [3.05, 3.63) is 0 Å². The molecule has 0 aromatic heterocycles. The van der Waals surface area contributed by atoms with E-state index in [0.717, 1.165) is 0 Å². The lowest BCUT2D eigenvalue weighted by Crippen LogP contribution is -2.50. The summed E-state index contributed by atoms with van der Waals surface area (Å²) >= 11 is 0. The molecular weight excluding hydrogens is 94.0 g/mol. The highest BCUT2D eigenvalue weighted by Crippen LogP contribution is 2.00. The lowest BCUT2D eigenvalue weighted by Gasteiger charge is -2.23. The molecule has 1 atom stereocenters. The van der Waals surface area contributed by atoms with Gasteiger partial charge in [-0.1, -0.05) is 0 Å². The Morgan fingerprint density at radius 2 is 2.43 bits per heavy atom. The van der Waals surface area contributed by atoms with Crippen molar-refractivity contribution >= 4 is 5.91 Å². The van der Waals surface area contributed by atoms with E-state index in [2.05, 4.69) is 5.32 Å². The van der Waals surface area contributed by atoms with Crippen molar-refractivity contribution in [2.75, 3.05) is 6.61 Å². The van der Waals surface area contributed by atoms with Crippen LogP contribution in [0.3, 0.4) is 0 Å². The summed E-state index contributed by atoms with van der Waals surface area (Å²) in [5.41, 5.74) is 0. The maximum absolute atomic E-state index is 10.0. The Hall–Kier alpha value is -0.570. The zero-order valence-electron chi connectivity index (χ0n) is 3.81. The van der Waals surface area contributed by atoms with Gasteiger partial charge in [0.25, 0.3) is 0 Å². The third kappa shape index (κ3) is 0.718. The molecule has 39 valence electrons. The highest BCUT2D eigenvalue weighted by atomic mass is 16.3. The zero-order chi connectivity index (χ0) is 5.28. The van der Waals surface area contributed by atoms with Gasteiger partial charge in [-0.2, -0.15) is 0 Å². The molecule has 3 nitrogen and oxygen atoms in total. The Balaban J connectivity index is 2.17. The Labute approximate surface area is 41.3 Å². The third-order valence-electron chi connectivity index (χ3n) is 0.998. The monoisotopic (exact) mass is 100 g/mol. The number of carbonyl (C=O) groups is 1. The molecule has 1 aliphatic heterocycles. The minimum atomic E-state index is -0.175. The Kier molecular flexibility index (Phi) is 0.982. The standard InChI is InChI=1S/C4H6NO2/c6-2-3-1-4(7)5-3/h3H,1-2H2,(H,5,7). The molecule has 1 radical (unpaired) electrons. The molecule has 1 heterocycles. The van der Waals surface area contributed by atoms with Crippen LogP contribution in [0.15, 0.2) is 0 Å². The maximum Gasteiger partial charge on any atom is 0.222 e. The SMILES string of the molecule is [O]CC1CC(=O)N1. The highest BCUT2D eigenvalue weighted by molar-refractivity contribution is 5.82. The predicted octanol–water partition coefficient (Wildman–Crippen LogP) is -0.695. The van der Waals surface area contributed by atoms with Gasteiger partial charge < -0.3 is 5.32 Å². The van der Waals surface area contributed by atoms with E-state index in [1.807, 2.05) is 0 Å². The van der Waals surface area contributed by atoms with Gasteiger partial charge in [0.1, 0.15) is 6.61 Å². The van der Waals surface area contributed by atoms with Crippen LogP contribution >= 0.6 is 0 Å². The molecule has 0 spiro atoms. The van der Waals surface area contributed by atoms with Crippen molar-refractivity contribution in [1.82, 2.24) is 5.32 Å². The summed E-state index contributed by atoms with van der Waals surface area (Å²) in [4.78, 5) is 10.0. The summed E-state index contributed by atoms with van der Waals surface area (Å²) in [6.45, 7) is -0.175. The summed E-state index contributed by atoms with van der Waals surface area (Å²) in [6.07, 6.45) is 0.434. The quantitative estimate of drug-likeness (QED) is 0.435. The summed E-state index contributed by atoms with van der Waals surface area (Å²) < 4.78 is 0. The largest absolute Gasteiger partial charge is 0.350 e.